The molecule has 0 bridgehead atoms. The molecule has 5 rings (SSSR count). The minimum absolute atomic E-state index is 0.0581. The molecule has 4 nitrogen and oxygen atoms in total. The first-order valence-electron chi connectivity index (χ1n) is 7.73. The van der Waals surface area contributed by atoms with Gasteiger partial charge in [-0.3, -0.25) is 9.59 Å². The number of hydrogen-bond donors (Lipinski definition) is 0. The molecule has 2 saturated carbocycles. The van der Waals surface area contributed by atoms with Crippen molar-refractivity contribution >= 4 is 17.5 Å². The summed E-state index contributed by atoms with van der Waals surface area (Å²) in [5, 5.41) is 0. The predicted octanol–water partition coefficient (Wildman–Crippen LogP) is 2.51. The topological polar surface area (TPSA) is 46.6 Å². The number of benzene rings is 1. The average Bonchev–Trinajstić information content (AvgIpc) is 3.11. The van der Waals surface area contributed by atoms with E-state index in [1.165, 1.54) is 11.8 Å². The molecule has 0 N–H and O–H groups in total. The van der Waals surface area contributed by atoms with Gasteiger partial charge in [-0.15, -0.1) is 0 Å². The van der Waals surface area contributed by atoms with Gasteiger partial charge in [0, 0.05) is 17.9 Å². The van der Waals surface area contributed by atoms with Crippen molar-refractivity contribution in [1.82, 2.24) is 0 Å². The van der Waals surface area contributed by atoms with Gasteiger partial charge >= 0.3 is 0 Å². The Morgan fingerprint density at radius 1 is 1.19 bits per heavy atom. The van der Waals surface area contributed by atoms with Crippen molar-refractivity contribution in [2.75, 3.05) is 4.90 Å². The molecule has 3 spiro atoms. The molecule has 2 heterocycles. The lowest BCUT2D eigenvalue weighted by atomic mass is 9.48. The zero-order valence-electron chi connectivity index (χ0n) is 12.0. The first-order valence-corrected chi connectivity index (χ1v) is 7.73. The largest absolute Gasteiger partial charge is 0.352 e. The molecule has 1 saturated heterocycles. The second kappa shape index (κ2) is 3.22. The van der Waals surface area contributed by atoms with Crippen LogP contribution in [-0.4, -0.2) is 17.4 Å². The number of nitrogens with zero attached hydrogens (tertiary/aromatic N) is 1. The van der Waals surface area contributed by atoms with Crippen LogP contribution in [0.25, 0.3) is 0 Å². The van der Waals surface area contributed by atoms with Crippen molar-refractivity contribution in [2.45, 2.75) is 50.2 Å². The van der Waals surface area contributed by atoms with E-state index in [0.717, 1.165) is 43.4 Å². The molecule has 1 aromatic carbocycles. The van der Waals surface area contributed by atoms with Crippen LogP contribution < -0.4 is 4.90 Å². The van der Waals surface area contributed by atoms with Crippen molar-refractivity contribution in [3.63, 3.8) is 0 Å². The Hall–Kier alpha value is -1.68. The molecular formula is C17H17NO3. The molecule has 108 valence electrons. The first-order chi connectivity index (χ1) is 10.1. The molecule has 4 aliphatic rings. The molecule has 1 aromatic rings. The summed E-state index contributed by atoms with van der Waals surface area (Å²) >= 11 is 0. The third-order valence-corrected chi connectivity index (χ3v) is 6.15. The Kier molecular flexibility index (Phi) is 1.83. The van der Waals surface area contributed by atoms with Gasteiger partial charge in [-0.25, -0.2) is 4.90 Å². The summed E-state index contributed by atoms with van der Waals surface area (Å²) in [7, 11) is 0. The van der Waals surface area contributed by atoms with Gasteiger partial charge in [0.15, 0.2) is 5.60 Å². The number of fused-ring (bicyclic) bond motifs is 4. The maximum absolute atomic E-state index is 13.1. The molecule has 4 heteroatoms. The van der Waals surface area contributed by atoms with Crippen LogP contribution in [0.3, 0.4) is 0 Å². The normalized spacial score (nSPS) is 33.0. The number of amides is 2. The fourth-order valence-corrected chi connectivity index (χ4v) is 5.02. The van der Waals surface area contributed by atoms with Crippen molar-refractivity contribution < 1.29 is 14.3 Å². The first kappa shape index (κ1) is 11.9. The van der Waals surface area contributed by atoms with E-state index in [2.05, 4.69) is 0 Å². The van der Waals surface area contributed by atoms with Crippen LogP contribution in [0.15, 0.2) is 24.3 Å². The highest BCUT2D eigenvalue weighted by molar-refractivity contribution is 6.22. The second-order valence-electron chi connectivity index (χ2n) is 6.89. The zero-order chi connectivity index (χ0) is 14.5. The lowest BCUT2D eigenvalue weighted by Gasteiger charge is -2.67. The van der Waals surface area contributed by atoms with Crippen LogP contribution in [0.2, 0.25) is 0 Å². The summed E-state index contributed by atoms with van der Waals surface area (Å²) in [4.78, 5) is 26.4. The zero-order valence-corrected chi connectivity index (χ0v) is 12.0. The van der Waals surface area contributed by atoms with Gasteiger partial charge in [0.2, 0.25) is 5.91 Å². The number of ether oxygens (including phenoxy) is 1. The van der Waals surface area contributed by atoms with E-state index in [0.29, 0.717) is 0 Å². The molecule has 1 atom stereocenters. The van der Waals surface area contributed by atoms with Crippen LogP contribution in [0.5, 0.6) is 0 Å². The Balaban J connectivity index is 1.75. The highest BCUT2D eigenvalue weighted by atomic mass is 16.6. The number of imide groups is 1. The molecule has 0 radical (unpaired) electrons. The van der Waals surface area contributed by atoms with Gasteiger partial charge < -0.3 is 4.74 Å². The third-order valence-electron chi connectivity index (χ3n) is 6.15. The summed E-state index contributed by atoms with van der Waals surface area (Å²) in [6.45, 7) is 1.45. The molecule has 0 aromatic heterocycles. The lowest BCUT2D eigenvalue weighted by Crippen LogP contribution is -2.74. The van der Waals surface area contributed by atoms with Crippen LogP contribution in [0.1, 0.15) is 44.6 Å². The molecule has 21 heavy (non-hydrogen) atoms. The van der Waals surface area contributed by atoms with E-state index < -0.39 is 5.60 Å². The molecular weight excluding hydrogens is 266 g/mol. The minimum Gasteiger partial charge on any atom is -0.352 e. The highest BCUT2D eigenvalue weighted by Crippen LogP contribution is 2.81. The molecule has 2 amide bonds. The van der Waals surface area contributed by atoms with Gasteiger partial charge in [0.25, 0.3) is 5.91 Å². The van der Waals surface area contributed by atoms with Gasteiger partial charge in [0.1, 0.15) is 0 Å². The minimum atomic E-state index is -0.885. The van der Waals surface area contributed by atoms with Crippen molar-refractivity contribution in [3.05, 3.63) is 29.8 Å². The number of anilines is 1. The van der Waals surface area contributed by atoms with Crippen LogP contribution in [0.4, 0.5) is 5.69 Å². The molecule has 1 unspecified atom stereocenters. The van der Waals surface area contributed by atoms with E-state index in [-0.39, 0.29) is 22.8 Å². The highest BCUT2D eigenvalue weighted by Gasteiger charge is 2.86. The third kappa shape index (κ3) is 0.987. The lowest BCUT2D eigenvalue weighted by molar-refractivity contribution is -0.352. The number of hydrogen-bond acceptors (Lipinski definition) is 3. The summed E-state index contributed by atoms with van der Waals surface area (Å²) < 4.78 is 6.32. The Bertz CT molecular complexity index is 702. The predicted molar refractivity (Wildman–Crippen MR) is 75.6 cm³/mol. The van der Waals surface area contributed by atoms with Crippen molar-refractivity contribution in [2.24, 2.45) is 5.41 Å². The average molecular weight is 283 g/mol. The number of carbonyl (C=O) groups excluding carboxylic acids is 2. The van der Waals surface area contributed by atoms with E-state index in [1.54, 1.807) is 0 Å². The fourth-order valence-electron chi connectivity index (χ4n) is 5.02. The van der Waals surface area contributed by atoms with Crippen molar-refractivity contribution in [3.8, 4) is 0 Å². The molecule has 2 aliphatic heterocycles. The maximum atomic E-state index is 13.1. The second-order valence-corrected chi connectivity index (χ2v) is 6.89. The smallest absolute Gasteiger partial charge is 0.271 e. The SMILES string of the molecule is CC(=O)N1C(=O)C2(OC3(CC3)C23CCC3)c2ccccc21. The molecule has 3 fully saturated rings. The quantitative estimate of drug-likeness (QED) is 0.735. The maximum Gasteiger partial charge on any atom is 0.271 e. The van der Waals surface area contributed by atoms with E-state index >= 15 is 0 Å². The standard InChI is InChI=1S/C17H17NO3/c1-11(19)18-13-6-3-2-5-12(13)17(14(18)20)15(7-4-8-15)16(21-17)9-10-16/h2-3,5-6H,4,7-10H2,1H3. The van der Waals surface area contributed by atoms with Gasteiger partial charge in [-0.2, -0.15) is 0 Å². The molecule has 2 aliphatic carbocycles. The summed E-state index contributed by atoms with van der Waals surface area (Å²) in [5.41, 5.74) is 0.613. The Morgan fingerprint density at radius 3 is 2.48 bits per heavy atom. The Morgan fingerprint density at radius 2 is 1.90 bits per heavy atom. The van der Waals surface area contributed by atoms with Crippen molar-refractivity contribution in [1.29, 1.82) is 0 Å². The van der Waals surface area contributed by atoms with Crippen LogP contribution in [0, 0.1) is 5.41 Å². The number of para-hydroxylation sites is 1. The summed E-state index contributed by atoms with van der Waals surface area (Å²) in [6.07, 6.45) is 5.36. The fraction of sp³-hybridized carbons (Fsp3) is 0.529. The van der Waals surface area contributed by atoms with Gasteiger partial charge in [-0.1, -0.05) is 24.6 Å². The number of carbonyl (C=O) groups is 2. The van der Waals surface area contributed by atoms with Crippen LogP contribution >= 0.6 is 0 Å². The monoisotopic (exact) mass is 283 g/mol. The Labute approximate surface area is 123 Å². The van der Waals surface area contributed by atoms with Crippen LogP contribution in [-0.2, 0) is 19.9 Å². The van der Waals surface area contributed by atoms with E-state index in [9.17, 15) is 9.59 Å². The summed E-state index contributed by atoms with van der Waals surface area (Å²) in [5.74, 6) is -0.382. The summed E-state index contributed by atoms with van der Waals surface area (Å²) in [6, 6.07) is 7.63. The van der Waals surface area contributed by atoms with E-state index in [1.807, 2.05) is 24.3 Å². The van der Waals surface area contributed by atoms with Gasteiger partial charge in [-0.05, 0) is 31.7 Å². The van der Waals surface area contributed by atoms with E-state index in [4.69, 9.17) is 4.74 Å². The number of rotatable bonds is 0. The van der Waals surface area contributed by atoms with Gasteiger partial charge in [0.05, 0.1) is 11.3 Å².